The van der Waals surface area contributed by atoms with Crippen LogP contribution in [-0.2, 0) is 4.74 Å². The molecule has 0 radical (unpaired) electrons. The van der Waals surface area contributed by atoms with Crippen LogP contribution in [0.3, 0.4) is 0 Å². The van der Waals surface area contributed by atoms with Crippen LogP contribution in [0.4, 0.5) is 0 Å². The molecule has 1 aromatic rings. The van der Waals surface area contributed by atoms with Gasteiger partial charge in [-0.05, 0) is 11.5 Å². The highest BCUT2D eigenvalue weighted by atomic mass is 32.1. The Bertz CT molecular complexity index is 423. The molecule has 0 bridgehead atoms. The van der Waals surface area contributed by atoms with Crippen molar-refractivity contribution in [3.63, 3.8) is 0 Å². The van der Waals surface area contributed by atoms with Crippen LogP contribution in [0.1, 0.15) is 15.2 Å². The average molecular weight is 239 g/mol. The Morgan fingerprint density at radius 2 is 2.20 bits per heavy atom. The van der Waals surface area contributed by atoms with Crippen molar-refractivity contribution in [3.8, 4) is 11.5 Å². The van der Waals surface area contributed by atoms with Crippen molar-refractivity contribution in [1.29, 1.82) is 0 Å². The quantitative estimate of drug-likeness (QED) is 0.428. The van der Waals surface area contributed by atoms with E-state index in [1.54, 1.807) is 6.20 Å². The summed E-state index contributed by atoms with van der Waals surface area (Å²) in [7, 11) is -0.0587. The standard InChI is InChI=1S/C10H13NO2SSi/c1-13-10(12)9-8(7-11-14-9)5-6-15(2,3)4/h7H,1-4H3. The van der Waals surface area contributed by atoms with E-state index in [1.165, 1.54) is 7.11 Å². The molecule has 5 heteroatoms. The second-order valence-electron chi connectivity index (χ2n) is 4.06. The molecule has 0 aliphatic rings. The summed E-state index contributed by atoms with van der Waals surface area (Å²) < 4.78 is 8.59. The van der Waals surface area contributed by atoms with Gasteiger partial charge in [0.05, 0.1) is 18.9 Å². The van der Waals surface area contributed by atoms with Crippen LogP contribution in [0.15, 0.2) is 6.20 Å². The number of carbonyl (C=O) groups is 1. The average Bonchev–Trinajstić information content (AvgIpc) is 2.60. The summed E-state index contributed by atoms with van der Waals surface area (Å²) >= 11 is 1.12. The first-order valence-corrected chi connectivity index (χ1v) is 8.77. The fraction of sp³-hybridized carbons (Fsp3) is 0.400. The zero-order valence-electron chi connectivity index (χ0n) is 9.25. The van der Waals surface area contributed by atoms with Crippen molar-refractivity contribution in [1.82, 2.24) is 4.37 Å². The van der Waals surface area contributed by atoms with E-state index in [0.29, 0.717) is 10.4 Å². The Hall–Kier alpha value is -1.12. The lowest BCUT2D eigenvalue weighted by molar-refractivity contribution is 0.0606. The third-order valence-corrected chi connectivity index (χ3v) is 3.17. The van der Waals surface area contributed by atoms with Crippen LogP contribution >= 0.6 is 11.5 Å². The molecule has 15 heavy (non-hydrogen) atoms. The topological polar surface area (TPSA) is 39.2 Å². The predicted molar refractivity (Wildman–Crippen MR) is 63.7 cm³/mol. The molecule has 0 saturated carbocycles. The maximum atomic E-state index is 11.3. The molecule has 0 aliphatic carbocycles. The highest BCUT2D eigenvalue weighted by molar-refractivity contribution is 7.08. The first-order valence-electron chi connectivity index (χ1n) is 4.50. The minimum Gasteiger partial charge on any atom is -0.465 e. The van der Waals surface area contributed by atoms with E-state index in [9.17, 15) is 4.79 Å². The van der Waals surface area contributed by atoms with Gasteiger partial charge in [-0.2, -0.15) is 4.37 Å². The normalized spacial score (nSPS) is 10.4. The number of hydrogen-bond donors (Lipinski definition) is 0. The maximum Gasteiger partial charge on any atom is 0.350 e. The summed E-state index contributed by atoms with van der Waals surface area (Å²) in [6.07, 6.45) is 1.62. The molecule has 1 heterocycles. The number of esters is 1. The zero-order valence-corrected chi connectivity index (χ0v) is 11.1. The monoisotopic (exact) mass is 239 g/mol. The van der Waals surface area contributed by atoms with Gasteiger partial charge >= 0.3 is 5.97 Å². The van der Waals surface area contributed by atoms with Crippen LogP contribution in [0.5, 0.6) is 0 Å². The van der Waals surface area contributed by atoms with Gasteiger partial charge in [-0.25, -0.2) is 4.79 Å². The van der Waals surface area contributed by atoms with Gasteiger partial charge in [0.25, 0.3) is 0 Å². The van der Waals surface area contributed by atoms with Gasteiger partial charge in [-0.3, -0.25) is 0 Å². The molecule has 0 N–H and O–H groups in total. The van der Waals surface area contributed by atoms with Gasteiger partial charge in [0, 0.05) is 0 Å². The fourth-order valence-corrected chi connectivity index (χ4v) is 1.96. The van der Waals surface area contributed by atoms with Crippen molar-refractivity contribution in [2.45, 2.75) is 19.6 Å². The second kappa shape index (κ2) is 4.60. The summed E-state index contributed by atoms with van der Waals surface area (Å²) in [5.41, 5.74) is 3.87. The number of hydrogen-bond acceptors (Lipinski definition) is 4. The molecular weight excluding hydrogens is 226 g/mol. The van der Waals surface area contributed by atoms with Crippen LogP contribution in [0.2, 0.25) is 19.6 Å². The van der Waals surface area contributed by atoms with Crippen LogP contribution in [0.25, 0.3) is 0 Å². The molecule has 3 nitrogen and oxygen atoms in total. The number of methoxy groups -OCH3 is 1. The minimum atomic E-state index is -1.42. The molecule has 0 unspecified atom stereocenters. The fourth-order valence-electron chi connectivity index (χ4n) is 0.823. The summed E-state index contributed by atoms with van der Waals surface area (Å²) in [4.78, 5) is 11.8. The maximum absolute atomic E-state index is 11.3. The van der Waals surface area contributed by atoms with E-state index in [4.69, 9.17) is 0 Å². The first-order chi connectivity index (χ1) is 6.94. The molecule has 0 amide bonds. The van der Waals surface area contributed by atoms with Gasteiger partial charge < -0.3 is 4.74 Å². The van der Waals surface area contributed by atoms with Crippen molar-refractivity contribution >= 4 is 25.6 Å². The summed E-state index contributed by atoms with van der Waals surface area (Å²) in [6, 6.07) is 0. The van der Waals surface area contributed by atoms with E-state index in [2.05, 4.69) is 40.2 Å². The van der Waals surface area contributed by atoms with E-state index in [1.807, 2.05) is 0 Å². The van der Waals surface area contributed by atoms with Crippen molar-refractivity contribution in [2.75, 3.05) is 7.11 Å². The van der Waals surface area contributed by atoms with Crippen molar-refractivity contribution < 1.29 is 9.53 Å². The molecule has 1 aromatic heterocycles. The molecule has 80 valence electrons. The predicted octanol–water partition coefficient (Wildman–Crippen LogP) is 2.16. The largest absolute Gasteiger partial charge is 0.465 e. The van der Waals surface area contributed by atoms with Gasteiger partial charge in [0.2, 0.25) is 0 Å². The molecule has 0 spiro atoms. The number of aromatic nitrogens is 1. The van der Waals surface area contributed by atoms with Crippen LogP contribution in [-0.4, -0.2) is 25.5 Å². The number of carbonyl (C=O) groups excluding carboxylic acids is 1. The summed E-state index contributed by atoms with van der Waals surface area (Å²) in [5.74, 6) is 2.64. The molecule has 1 rings (SSSR count). The lowest BCUT2D eigenvalue weighted by atomic mass is 10.3. The highest BCUT2D eigenvalue weighted by Gasteiger charge is 2.14. The Morgan fingerprint density at radius 1 is 1.53 bits per heavy atom. The Morgan fingerprint density at radius 3 is 2.73 bits per heavy atom. The number of ether oxygens (including phenoxy) is 1. The number of rotatable bonds is 1. The van der Waals surface area contributed by atoms with Crippen molar-refractivity contribution in [3.05, 3.63) is 16.6 Å². The highest BCUT2D eigenvalue weighted by Crippen LogP contribution is 2.13. The molecule has 0 aliphatic heterocycles. The smallest absolute Gasteiger partial charge is 0.350 e. The van der Waals surface area contributed by atoms with Gasteiger partial charge in [0.1, 0.15) is 13.0 Å². The Labute approximate surface area is 94.6 Å². The van der Waals surface area contributed by atoms with Crippen LogP contribution < -0.4 is 0 Å². The zero-order chi connectivity index (χ0) is 11.5. The summed E-state index contributed by atoms with van der Waals surface area (Å²) in [6.45, 7) is 6.45. The van der Waals surface area contributed by atoms with Gasteiger partial charge in [-0.15, -0.1) is 5.54 Å². The van der Waals surface area contributed by atoms with Crippen molar-refractivity contribution in [2.24, 2.45) is 0 Å². The molecule has 0 fully saturated rings. The second-order valence-corrected chi connectivity index (χ2v) is 9.61. The molecule has 0 saturated heterocycles. The molecule has 0 atom stereocenters. The third-order valence-electron chi connectivity index (χ3n) is 1.51. The Kier molecular flexibility index (Phi) is 3.66. The lowest BCUT2D eigenvalue weighted by Gasteiger charge is -2.03. The van der Waals surface area contributed by atoms with Gasteiger partial charge in [0.15, 0.2) is 0 Å². The first kappa shape index (κ1) is 11.9. The SMILES string of the molecule is COC(=O)c1sncc1C#C[Si](C)(C)C. The Balaban J connectivity index is 3.00. The van der Waals surface area contributed by atoms with E-state index in [0.717, 1.165) is 11.5 Å². The van der Waals surface area contributed by atoms with Gasteiger partial charge in [-0.1, -0.05) is 25.6 Å². The van der Waals surface area contributed by atoms with E-state index >= 15 is 0 Å². The van der Waals surface area contributed by atoms with Crippen LogP contribution in [0, 0.1) is 11.5 Å². The lowest BCUT2D eigenvalue weighted by Crippen LogP contribution is -2.16. The van der Waals surface area contributed by atoms with E-state index in [-0.39, 0.29) is 5.97 Å². The number of nitrogens with zero attached hydrogens (tertiary/aromatic N) is 1. The van der Waals surface area contributed by atoms with E-state index < -0.39 is 8.07 Å². The third kappa shape index (κ3) is 3.50. The minimum absolute atomic E-state index is 0.364. The summed E-state index contributed by atoms with van der Waals surface area (Å²) in [5, 5.41) is 0. The molecular formula is C10H13NO2SSi. The molecule has 0 aromatic carbocycles.